The van der Waals surface area contributed by atoms with Gasteiger partial charge in [-0.05, 0) is 43.0 Å². The van der Waals surface area contributed by atoms with Crippen LogP contribution in [-0.2, 0) is 6.42 Å². The number of hydrogen-bond donors (Lipinski definition) is 0. The van der Waals surface area contributed by atoms with E-state index in [1.807, 2.05) is 48.3 Å². The van der Waals surface area contributed by atoms with Crippen molar-refractivity contribution in [3.63, 3.8) is 0 Å². The lowest BCUT2D eigenvalue weighted by Crippen LogP contribution is -2.41. The fourth-order valence-corrected chi connectivity index (χ4v) is 3.45. The molecular formula is C21H24ClN5O. The average molecular weight is 398 g/mol. The Morgan fingerprint density at radius 1 is 1.14 bits per heavy atom. The van der Waals surface area contributed by atoms with E-state index in [0.717, 1.165) is 18.5 Å². The van der Waals surface area contributed by atoms with Gasteiger partial charge in [-0.25, -0.2) is 0 Å². The summed E-state index contributed by atoms with van der Waals surface area (Å²) in [6.45, 7) is 4.26. The third kappa shape index (κ3) is 4.57. The van der Waals surface area contributed by atoms with Crippen molar-refractivity contribution in [1.82, 2.24) is 24.9 Å². The quantitative estimate of drug-likeness (QED) is 0.603. The number of pyridine rings is 1. The van der Waals surface area contributed by atoms with Gasteiger partial charge >= 0.3 is 0 Å². The fourth-order valence-electron chi connectivity index (χ4n) is 3.33. The zero-order valence-electron chi connectivity index (χ0n) is 16.3. The molecule has 0 N–H and O–H groups in total. The maximum Gasteiger partial charge on any atom is 0.256 e. The molecule has 3 aromatic rings. The number of hydrogen-bond acceptors (Lipinski definition) is 4. The van der Waals surface area contributed by atoms with Crippen LogP contribution in [0.1, 0.15) is 36.3 Å². The number of carbonyl (C=O) groups is 1. The highest BCUT2D eigenvalue weighted by molar-refractivity contribution is 6.30. The Morgan fingerprint density at radius 3 is 2.50 bits per heavy atom. The van der Waals surface area contributed by atoms with Crippen molar-refractivity contribution in [3.05, 3.63) is 71.3 Å². The van der Waals surface area contributed by atoms with Gasteiger partial charge in [0.25, 0.3) is 5.91 Å². The molecule has 1 atom stereocenters. The van der Waals surface area contributed by atoms with Crippen LogP contribution >= 0.6 is 11.6 Å². The Bertz CT molecular complexity index is 909. The molecule has 0 fully saturated rings. The maximum absolute atomic E-state index is 13.3. The van der Waals surface area contributed by atoms with E-state index in [1.165, 1.54) is 4.80 Å². The van der Waals surface area contributed by atoms with Crippen LogP contribution < -0.4 is 0 Å². The SMILES string of the molecule is CC(C)[C@@H](CCc1ccc(Cl)cn1)N(C)C(=O)c1ccccc1-n1nccn1. The second kappa shape index (κ2) is 8.97. The molecule has 0 bridgehead atoms. The first kappa shape index (κ1) is 20.0. The van der Waals surface area contributed by atoms with Crippen LogP contribution in [0.25, 0.3) is 5.69 Å². The Morgan fingerprint density at radius 2 is 1.86 bits per heavy atom. The summed E-state index contributed by atoms with van der Waals surface area (Å²) < 4.78 is 0. The van der Waals surface area contributed by atoms with Crippen molar-refractivity contribution in [2.75, 3.05) is 7.05 Å². The van der Waals surface area contributed by atoms with Crippen LogP contribution in [-0.4, -0.2) is 43.9 Å². The van der Waals surface area contributed by atoms with Gasteiger partial charge in [0.15, 0.2) is 0 Å². The number of para-hydroxylation sites is 1. The average Bonchev–Trinajstić information content (AvgIpc) is 3.23. The van der Waals surface area contributed by atoms with Crippen LogP contribution in [0, 0.1) is 5.92 Å². The van der Waals surface area contributed by atoms with Crippen molar-refractivity contribution < 1.29 is 4.79 Å². The van der Waals surface area contributed by atoms with Crippen molar-refractivity contribution in [3.8, 4) is 5.69 Å². The molecule has 146 valence electrons. The summed E-state index contributed by atoms with van der Waals surface area (Å²) in [6, 6.07) is 11.2. The Balaban J connectivity index is 1.79. The molecule has 0 aliphatic carbocycles. The molecule has 1 amide bonds. The monoisotopic (exact) mass is 397 g/mol. The number of aromatic nitrogens is 4. The number of carbonyl (C=O) groups excluding carboxylic acids is 1. The van der Waals surface area contributed by atoms with Gasteiger partial charge in [0.1, 0.15) is 0 Å². The standard InChI is InChI=1S/C21H24ClN5O/c1-15(2)19(11-10-17-9-8-16(22)14-23-17)26(3)21(28)18-6-4-5-7-20(18)27-24-12-13-25-27/h4-9,12-15,19H,10-11H2,1-3H3/t19-/m1/s1. The van der Waals surface area contributed by atoms with Gasteiger partial charge in [0, 0.05) is 25.0 Å². The van der Waals surface area contributed by atoms with Gasteiger partial charge in [0.2, 0.25) is 0 Å². The minimum Gasteiger partial charge on any atom is -0.338 e. The first-order chi connectivity index (χ1) is 13.5. The normalized spacial score (nSPS) is 12.2. The molecule has 1 aromatic carbocycles. The number of halogens is 1. The molecule has 0 radical (unpaired) electrons. The lowest BCUT2D eigenvalue weighted by molar-refractivity contribution is 0.0678. The summed E-state index contributed by atoms with van der Waals surface area (Å²) in [4.78, 5) is 20.9. The van der Waals surface area contributed by atoms with Crippen LogP contribution in [0.5, 0.6) is 0 Å². The highest BCUT2D eigenvalue weighted by Gasteiger charge is 2.26. The number of amides is 1. The van der Waals surface area contributed by atoms with Gasteiger partial charge in [-0.2, -0.15) is 15.0 Å². The first-order valence-corrected chi connectivity index (χ1v) is 9.68. The lowest BCUT2D eigenvalue weighted by Gasteiger charge is -2.32. The molecule has 2 heterocycles. The molecule has 7 heteroatoms. The molecule has 0 spiro atoms. The van der Waals surface area contributed by atoms with E-state index in [1.54, 1.807) is 18.6 Å². The van der Waals surface area contributed by atoms with Gasteiger partial charge in [-0.15, -0.1) is 0 Å². The van der Waals surface area contributed by atoms with Crippen LogP contribution in [0.2, 0.25) is 5.02 Å². The molecule has 0 aliphatic rings. The molecule has 0 unspecified atom stereocenters. The summed E-state index contributed by atoms with van der Waals surface area (Å²) in [5, 5.41) is 8.96. The van der Waals surface area contributed by atoms with E-state index in [0.29, 0.717) is 22.2 Å². The summed E-state index contributed by atoms with van der Waals surface area (Å²) >= 11 is 5.91. The largest absolute Gasteiger partial charge is 0.338 e. The van der Waals surface area contributed by atoms with Crippen LogP contribution in [0.3, 0.4) is 0 Å². The van der Waals surface area contributed by atoms with Gasteiger partial charge in [0.05, 0.1) is 28.7 Å². The van der Waals surface area contributed by atoms with E-state index in [9.17, 15) is 4.79 Å². The molecule has 28 heavy (non-hydrogen) atoms. The third-order valence-electron chi connectivity index (χ3n) is 4.84. The predicted molar refractivity (Wildman–Crippen MR) is 110 cm³/mol. The highest BCUT2D eigenvalue weighted by Crippen LogP contribution is 2.21. The van der Waals surface area contributed by atoms with Crippen molar-refractivity contribution in [2.45, 2.75) is 32.7 Å². The molecule has 6 nitrogen and oxygen atoms in total. The molecule has 0 saturated heterocycles. The second-order valence-corrected chi connectivity index (χ2v) is 7.51. The summed E-state index contributed by atoms with van der Waals surface area (Å²) in [6.07, 6.45) is 6.45. The van der Waals surface area contributed by atoms with E-state index in [4.69, 9.17) is 11.6 Å². The molecule has 3 rings (SSSR count). The van der Waals surface area contributed by atoms with E-state index in [-0.39, 0.29) is 11.9 Å². The van der Waals surface area contributed by atoms with Gasteiger partial charge < -0.3 is 4.90 Å². The first-order valence-electron chi connectivity index (χ1n) is 9.30. The minimum absolute atomic E-state index is 0.0457. The smallest absolute Gasteiger partial charge is 0.256 e. The highest BCUT2D eigenvalue weighted by atomic mass is 35.5. The fraction of sp³-hybridized carbons (Fsp3) is 0.333. The van der Waals surface area contributed by atoms with Gasteiger partial charge in [-0.1, -0.05) is 37.6 Å². The molecular weight excluding hydrogens is 374 g/mol. The Kier molecular flexibility index (Phi) is 6.41. The van der Waals surface area contributed by atoms with Crippen molar-refractivity contribution in [1.29, 1.82) is 0 Å². The lowest BCUT2D eigenvalue weighted by atomic mass is 9.96. The summed E-state index contributed by atoms with van der Waals surface area (Å²) in [5.41, 5.74) is 2.22. The summed E-state index contributed by atoms with van der Waals surface area (Å²) in [5.74, 6) is 0.256. The van der Waals surface area contributed by atoms with Crippen molar-refractivity contribution in [2.24, 2.45) is 5.92 Å². The minimum atomic E-state index is -0.0457. The van der Waals surface area contributed by atoms with Crippen LogP contribution in [0.15, 0.2) is 55.0 Å². The van der Waals surface area contributed by atoms with Gasteiger partial charge in [-0.3, -0.25) is 9.78 Å². The topological polar surface area (TPSA) is 63.9 Å². The number of aryl methyl sites for hydroxylation is 1. The number of nitrogens with zero attached hydrogens (tertiary/aromatic N) is 5. The number of benzene rings is 1. The Labute approximate surface area is 170 Å². The van der Waals surface area contributed by atoms with E-state index in [2.05, 4.69) is 29.0 Å². The molecule has 0 saturated carbocycles. The molecule has 0 aliphatic heterocycles. The molecule has 2 aromatic heterocycles. The maximum atomic E-state index is 13.3. The Hall–Kier alpha value is -2.73. The zero-order valence-corrected chi connectivity index (χ0v) is 17.0. The number of rotatable bonds is 7. The van der Waals surface area contributed by atoms with E-state index < -0.39 is 0 Å². The predicted octanol–water partition coefficient (Wildman–Crippen LogP) is 4.05. The van der Waals surface area contributed by atoms with Crippen LogP contribution in [0.4, 0.5) is 0 Å². The summed E-state index contributed by atoms with van der Waals surface area (Å²) in [7, 11) is 1.86. The van der Waals surface area contributed by atoms with Crippen molar-refractivity contribution >= 4 is 17.5 Å². The third-order valence-corrected chi connectivity index (χ3v) is 5.06. The zero-order chi connectivity index (χ0) is 20.1. The second-order valence-electron chi connectivity index (χ2n) is 7.07. The van der Waals surface area contributed by atoms with E-state index >= 15 is 0 Å².